The molecule has 6 heteroatoms. The minimum Gasteiger partial charge on any atom is -0.479 e. The quantitative estimate of drug-likeness (QED) is 0.766. The first-order valence-electron chi connectivity index (χ1n) is 6.66. The van der Waals surface area contributed by atoms with Gasteiger partial charge in [0.25, 0.3) is 0 Å². The Labute approximate surface area is 117 Å². The first kappa shape index (κ1) is 14.3. The first-order valence-corrected chi connectivity index (χ1v) is 6.66. The van der Waals surface area contributed by atoms with E-state index >= 15 is 0 Å². The predicted octanol–water partition coefficient (Wildman–Crippen LogP) is 0.945. The molecule has 6 nitrogen and oxygen atoms in total. The van der Waals surface area contributed by atoms with Gasteiger partial charge in [0.15, 0.2) is 6.04 Å². The average Bonchev–Trinajstić information content (AvgIpc) is 2.46. The van der Waals surface area contributed by atoms with Gasteiger partial charge in [-0.25, -0.2) is 9.59 Å². The van der Waals surface area contributed by atoms with E-state index in [0.717, 1.165) is 12.8 Å². The van der Waals surface area contributed by atoms with Crippen LogP contribution in [0.1, 0.15) is 24.4 Å². The van der Waals surface area contributed by atoms with Crippen molar-refractivity contribution in [3.63, 3.8) is 0 Å². The predicted molar refractivity (Wildman–Crippen MR) is 74.1 cm³/mol. The van der Waals surface area contributed by atoms with Gasteiger partial charge in [-0.1, -0.05) is 30.3 Å². The van der Waals surface area contributed by atoms with E-state index in [9.17, 15) is 14.7 Å². The molecule has 0 spiro atoms. The summed E-state index contributed by atoms with van der Waals surface area (Å²) in [7, 11) is 0. The molecule has 1 aliphatic heterocycles. The lowest BCUT2D eigenvalue weighted by Crippen LogP contribution is -2.49. The van der Waals surface area contributed by atoms with Crippen LogP contribution in [0, 0.1) is 0 Å². The lowest BCUT2D eigenvalue weighted by atomic mass is 10.1. The Hall–Kier alpha value is -2.08. The van der Waals surface area contributed by atoms with E-state index in [4.69, 9.17) is 5.73 Å². The fourth-order valence-corrected chi connectivity index (χ4v) is 2.25. The van der Waals surface area contributed by atoms with Crippen LogP contribution in [0.3, 0.4) is 0 Å². The third-order valence-electron chi connectivity index (χ3n) is 3.47. The standard InChI is InChI=1S/C14H19N3O3/c15-11-6-8-17(9-7-11)14(20)16-12(13(18)19)10-4-2-1-3-5-10/h1-5,11-12H,6-9,15H2,(H,16,20)(H,18,19)/t12-/m1/s1. The molecule has 0 bridgehead atoms. The minimum atomic E-state index is -1.07. The molecule has 1 saturated heterocycles. The number of rotatable bonds is 3. The fourth-order valence-electron chi connectivity index (χ4n) is 2.25. The van der Waals surface area contributed by atoms with Gasteiger partial charge < -0.3 is 21.1 Å². The number of piperidine rings is 1. The number of aliphatic carboxylic acids is 1. The zero-order valence-corrected chi connectivity index (χ0v) is 11.2. The third-order valence-corrected chi connectivity index (χ3v) is 3.47. The summed E-state index contributed by atoms with van der Waals surface area (Å²) in [6.07, 6.45) is 1.49. The smallest absolute Gasteiger partial charge is 0.330 e. The highest BCUT2D eigenvalue weighted by Gasteiger charge is 2.26. The number of likely N-dealkylation sites (tertiary alicyclic amines) is 1. The van der Waals surface area contributed by atoms with Crippen molar-refractivity contribution >= 4 is 12.0 Å². The SMILES string of the molecule is NC1CCN(C(=O)N[C@@H](C(=O)O)c2ccccc2)CC1. The van der Waals surface area contributed by atoms with E-state index in [2.05, 4.69) is 5.32 Å². The van der Waals surface area contributed by atoms with Gasteiger partial charge in [-0.2, -0.15) is 0 Å². The number of nitrogens with one attached hydrogen (secondary N) is 1. The molecule has 1 aliphatic rings. The highest BCUT2D eigenvalue weighted by atomic mass is 16.4. The molecule has 1 atom stereocenters. The number of nitrogens with zero attached hydrogens (tertiary/aromatic N) is 1. The lowest BCUT2D eigenvalue weighted by Gasteiger charge is -2.31. The highest BCUT2D eigenvalue weighted by molar-refractivity contribution is 5.83. The van der Waals surface area contributed by atoms with Gasteiger partial charge in [0, 0.05) is 19.1 Å². The molecular weight excluding hydrogens is 258 g/mol. The number of carbonyl (C=O) groups is 2. The molecule has 4 N–H and O–H groups in total. The van der Waals surface area contributed by atoms with Gasteiger partial charge in [-0.15, -0.1) is 0 Å². The van der Waals surface area contributed by atoms with Crippen molar-refractivity contribution in [3.05, 3.63) is 35.9 Å². The number of carboxylic acid groups (broad SMARTS) is 1. The van der Waals surface area contributed by atoms with E-state index in [1.54, 1.807) is 35.2 Å². The number of urea groups is 1. The van der Waals surface area contributed by atoms with Gasteiger partial charge in [0.2, 0.25) is 0 Å². The summed E-state index contributed by atoms with van der Waals surface area (Å²) in [6, 6.07) is 7.41. The highest BCUT2D eigenvalue weighted by Crippen LogP contribution is 2.15. The number of benzene rings is 1. The van der Waals surface area contributed by atoms with Gasteiger partial charge >= 0.3 is 12.0 Å². The van der Waals surface area contributed by atoms with Crippen LogP contribution in [0.5, 0.6) is 0 Å². The molecule has 2 rings (SSSR count). The molecular formula is C14H19N3O3. The second kappa shape index (κ2) is 6.38. The molecule has 0 aromatic heterocycles. The Balaban J connectivity index is 2.02. The Kier molecular flexibility index (Phi) is 4.57. The van der Waals surface area contributed by atoms with E-state index in [0.29, 0.717) is 18.7 Å². The van der Waals surface area contributed by atoms with Crippen molar-refractivity contribution in [2.45, 2.75) is 24.9 Å². The van der Waals surface area contributed by atoms with Crippen LogP contribution >= 0.6 is 0 Å². The van der Waals surface area contributed by atoms with Gasteiger partial charge in [0.1, 0.15) is 0 Å². The van der Waals surface area contributed by atoms with Crippen LogP contribution in [0.4, 0.5) is 4.79 Å². The topological polar surface area (TPSA) is 95.7 Å². The van der Waals surface area contributed by atoms with Crippen molar-refractivity contribution in [1.29, 1.82) is 0 Å². The normalized spacial score (nSPS) is 17.6. The average molecular weight is 277 g/mol. The molecule has 20 heavy (non-hydrogen) atoms. The van der Waals surface area contributed by atoms with Crippen molar-refractivity contribution in [1.82, 2.24) is 10.2 Å². The van der Waals surface area contributed by atoms with Crippen molar-refractivity contribution in [2.75, 3.05) is 13.1 Å². The molecule has 0 radical (unpaired) electrons. The number of carboxylic acids is 1. The zero-order valence-electron chi connectivity index (χ0n) is 11.2. The summed E-state index contributed by atoms with van der Waals surface area (Å²) < 4.78 is 0. The van der Waals surface area contributed by atoms with Gasteiger partial charge in [-0.3, -0.25) is 0 Å². The van der Waals surface area contributed by atoms with Gasteiger partial charge in [-0.05, 0) is 18.4 Å². The molecule has 1 heterocycles. The van der Waals surface area contributed by atoms with Crippen molar-refractivity contribution in [3.8, 4) is 0 Å². The van der Waals surface area contributed by atoms with E-state index < -0.39 is 12.0 Å². The maximum atomic E-state index is 12.1. The Morgan fingerprint density at radius 3 is 2.40 bits per heavy atom. The second-order valence-electron chi connectivity index (χ2n) is 4.96. The Bertz CT molecular complexity index is 470. The monoisotopic (exact) mass is 277 g/mol. The van der Waals surface area contributed by atoms with Crippen LogP contribution in [-0.4, -0.2) is 41.1 Å². The summed E-state index contributed by atoms with van der Waals surface area (Å²) in [5, 5.41) is 11.8. The number of amides is 2. The van der Waals surface area contributed by atoms with E-state index in [-0.39, 0.29) is 12.1 Å². The van der Waals surface area contributed by atoms with E-state index in [1.807, 2.05) is 0 Å². The number of carbonyl (C=O) groups excluding carboxylic acids is 1. The third kappa shape index (κ3) is 3.48. The number of hydrogen-bond donors (Lipinski definition) is 3. The minimum absolute atomic E-state index is 0.128. The largest absolute Gasteiger partial charge is 0.479 e. The van der Waals surface area contributed by atoms with Crippen molar-refractivity contribution in [2.24, 2.45) is 5.73 Å². The van der Waals surface area contributed by atoms with Gasteiger partial charge in [0.05, 0.1) is 0 Å². The Morgan fingerprint density at radius 1 is 1.25 bits per heavy atom. The molecule has 1 fully saturated rings. The Morgan fingerprint density at radius 2 is 1.85 bits per heavy atom. The summed E-state index contributed by atoms with van der Waals surface area (Å²) in [5.74, 6) is -1.07. The first-order chi connectivity index (χ1) is 9.58. The second-order valence-corrected chi connectivity index (χ2v) is 4.96. The molecule has 108 valence electrons. The maximum Gasteiger partial charge on any atom is 0.330 e. The summed E-state index contributed by atoms with van der Waals surface area (Å²) in [6.45, 7) is 1.13. The fraction of sp³-hybridized carbons (Fsp3) is 0.429. The van der Waals surface area contributed by atoms with Crippen LogP contribution in [-0.2, 0) is 4.79 Å². The molecule has 1 aromatic rings. The molecule has 0 aliphatic carbocycles. The zero-order chi connectivity index (χ0) is 14.5. The van der Waals surface area contributed by atoms with Crippen LogP contribution in [0.25, 0.3) is 0 Å². The molecule has 0 saturated carbocycles. The van der Waals surface area contributed by atoms with Crippen LogP contribution in [0.15, 0.2) is 30.3 Å². The van der Waals surface area contributed by atoms with Crippen LogP contribution in [0.2, 0.25) is 0 Å². The maximum absolute atomic E-state index is 12.1. The summed E-state index contributed by atoms with van der Waals surface area (Å²) in [4.78, 5) is 25.0. The lowest BCUT2D eigenvalue weighted by molar-refractivity contribution is -0.139. The number of nitrogens with two attached hydrogens (primary N) is 1. The summed E-state index contributed by atoms with van der Waals surface area (Å²) in [5.41, 5.74) is 6.34. The van der Waals surface area contributed by atoms with E-state index in [1.165, 1.54) is 0 Å². The van der Waals surface area contributed by atoms with Crippen molar-refractivity contribution < 1.29 is 14.7 Å². The number of hydrogen-bond acceptors (Lipinski definition) is 3. The molecule has 0 unspecified atom stereocenters. The molecule has 2 amide bonds. The van der Waals surface area contributed by atoms with Crippen LogP contribution < -0.4 is 11.1 Å². The molecule has 1 aromatic carbocycles. The summed E-state index contributed by atoms with van der Waals surface area (Å²) >= 11 is 0.